The Labute approximate surface area is 70.8 Å². The number of hydrogen-bond acceptors (Lipinski definition) is 2. The largest absolute Gasteiger partial charge is 0.298 e. The highest BCUT2D eigenvalue weighted by Crippen LogP contribution is 2.07. The predicted octanol–water partition coefficient (Wildman–Crippen LogP) is 2.04. The fraction of sp³-hybridized carbons (Fsp3) is 0. The molecule has 0 fully saturated rings. The Morgan fingerprint density at radius 1 is 1.25 bits per heavy atom. The molecule has 1 aromatic rings. The van der Waals surface area contributed by atoms with Crippen LogP contribution in [0.4, 0.5) is 0 Å². The molecule has 0 aliphatic rings. The number of rotatable bonds is 2. The molecule has 0 aromatic heterocycles. The molecule has 58 valence electrons. The van der Waals surface area contributed by atoms with Crippen LogP contribution in [0.25, 0.3) is 6.08 Å². The average molecular weight is 157 g/mol. The topological polar surface area (TPSA) is 40.9 Å². The number of carbonyl (C=O) groups excluding carboxylic acids is 1. The van der Waals surface area contributed by atoms with Crippen molar-refractivity contribution in [2.24, 2.45) is 0 Å². The summed E-state index contributed by atoms with van der Waals surface area (Å²) in [5.41, 5.74) is 1.37. The molecule has 1 aromatic carbocycles. The number of nitriles is 1. The van der Waals surface area contributed by atoms with Crippen LogP contribution in [0.5, 0.6) is 0 Å². The SMILES string of the molecule is N#C/C=C\c1ccccc1C=O. The molecule has 0 N–H and O–H groups in total. The van der Waals surface area contributed by atoms with Gasteiger partial charge in [0.05, 0.1) is 6.07 Å². The molecule has 0 aliphatic heterocycles. The first kappa shape index (κ1) is 8.22. The van der Waals surface area contributed by atoms with E-state index in [1.54, 1.807) is 24.3 Å². The van der Waals surface area contributed by atoms with Crippen molar-refractivity contribution >= 4 is 12.4 Å². The van der Waals surface area contributed by atoms with Crippen molar-refractivity contribution in [1.29, 1.82) is 5.26 Å². The van der Waals surface area contributed by atoms with Crippen LogP contribution < -0.4 is 0 Å². The van der Waals surface area contributed by atoms with Crippen molar-refractivity contribution in [2.45, 2.75) is 0 Å². The predicted molar refractivity (Wildman–Crippen MR) is 46.5 cm³/mol. The summed E-state index contributed by atoms with van der Waals surface area (Å²) < 4.78 is 0. The quantitative estimate of drug-likeness (QED) is 0.487. The molecule has 0 radical (unpaired) electrons. The number of benzene rings is 1. The summed E-state index contributed by atoms with van der Waals surface area (Å²) in [4.78, 5) is 10.5. The number of allylic oxidation sites excluding steroid dienone is 1. The van der Waals surface area contributed by atoms with E-state index in [4.69, 9.17) is 5.26 Å². The second-order valence-electron chi connectivity index (χ2n) is 2.21. The summed E-state index contributed by atoms with van der Waals surface area (Å²) in [6, 6.07) is 8.98. The maximum atomic E-state index is 10.5. The van der Waals surface area contributed by atoms with E-state index in [1.807, 2.05) is 12.1 Å². The minimum Gasteiger partial charge on any atom is -0.298 e. The van der Waals surface area contributed by atoms with Crippen LogP contribution in [0, 0.1) is 11.3 Å². The molecule has 2 nitrogen and oxygen atoms in total. The second kappa shape index (κ2) is 4.09. The third-order valence-corrected chi connectivity index (χ3v) is 1.46. The van der Waals surface area contributed by atoms with Crippen molar-refractivity contribution in [3.63, 3.8) is 0 Å². The summed E-state index contributed by atoms with van der Waals surface area (Å²) in [5, 5.41) is 8.27. The number of carbonyl (C=O) groups is 1. The van der Waals surface area contributed by atoms with E-state index in [0.29, 0.717) is 5.56 Å². The van der Waals surface area contributed by atoms with Crippen LogP contribution in [-0.2, 0) is 0 Å². The summed E-state index contributed by atoms with van der Waals surface area (Å²) >= 11 is 0. The van der Waals surface area contributed by atoms with E-state index < -0.39 is 0 Å². The first-order chi connectivity index (χ1) is 5.88. The van der Waals surface area contributed by atoms with Crippen molar-refractivity contribution in [3.8, 4) is 6.07 Å². The zero-order valence-corrected chi connectivity index (χ0v) is 6.40. The molecule has 0 spiro atoms. The third-order valence-electron chi connectivity index (χ3n) is 1.46. The van der Waals surface area contributed by atoms with Gasteiger partial charge in [-0.3, -0.25) is 4.79 Å². The van der Waals surface area contributed by atoms with Gasteiger partial charge in [0.2, 0.25) is 0 Å². The van der Waals surface area contributed by atoms with Gasteiger partial charge in [0, 0.05) is 11.6 Å². The fourth-order valence-corrected chi connectivity index (χ4v) is 0.897. The molecule has 0 unspecified atom stereocenters. The van der Waals surface area contributed by atoms with Gasteiger partial charge in [-0.25, -0.2) is 0 Å². The molecule has 0 heterocycles. The molecule has 0 atom stereocenters. The lowest BCUT2D eigenvalue weighted by Crippen LogP contribution is -1.83. The molecule has 12 heavy (non-hydrogen) atoms. The Morgan fingerprint density at radius 3 is 2.50 bits per heavy atom. The Bertz CT molecular complexity index is 347. The standard InChI is InChI=1S/C10H7NO/c11-7-3-6-9-4-1-2-5-10(9)8-12/h1-6,8H/b6-3-. The molecule has 0 aliphatic carbocycles. The summed E-state index contributed by atoms with van der Waals surface area (Å²) in [5.74, 6) is 0. The van der Waals surface area contributed by atoms with Crippen molar-refractivity contribution in [2.75, 3.05) is 0 Å². The highest BCUT2D eigenvalue weighted by molar-refractivity contribution is 5.81. The molecular weight excluding hydrogens is 150 g/mol. The van der Waals surface area contributed by atoms with Gasteiger partial charge in [-0.1, -0.05) is 24.3 Å². The lowest BCUT2D eigenvalue weighted by molar-refractivity contribution is 0.112. The molecule has 0 saturated carbocycles. The lowest BCUT2D eigenvalue weighted by atomic mass is 10.1. The van der Waals surface area contributed by atoms with E-state index in [2.05, 4.69) is 0 Å². The molecule has 2 heteroatoms. The van der Waals surface area contributed by atoms with E-state index in [9.17, 15) is 4.79 Å². The van der Waals surface area contributed by atoms with Crippen molar-refractivity contribution < 1.29 is 4.79 Å². The zero-order chi connectivity index (χ0) is 8.81. The highest BCUT2D eigenvalue weighted by Gasteiger charge is 1.93. The first-order valence-corrected chi connectivity index (χ1v) is 3.49. The number of hydrogen-bond donors (Lipinski definition) is 0. The maximum Gasteiger partial charge on any atom is 0.150 e. The van der Waals surface area contributed by atoms with Gasteiger partial charge < -0.3 is 0 Å². The van der Waals surface area contributed by atoms with Gasteiger partial charge in [-0.05, 0) is 11.6 Å². The van der Waals surface area contributed by atoms with E-state index in [-0.39, 0.29) is 0 Å². The zero-order valence-electron chi connectivity index (χ0n) is 6.40. The van der Waals surface area contributed by atoms with Crippen LogP contribution in [-0.4, -0.2) is 6.29 Å². The van der Waals surface area contributed by atoms with Gasteiger partial charge in [-0.2, -0.15) is 5.26 Å². The van der Waals surface area contributed by atoms with Gasteiger partial charge in [-0.15, -0.1) is 0 Å². The smallest absolute Gasteiger partial charge is 0.150 e. The molecule has 1 rings (SSSR count). The van der Waals surface area contributed by atoms with E-state index >= 15 is 0 Å². The number of nitrogens with zero attached hydrogens (tertiary/aromatic N) is 1. The Balaban J connectivity index is 3.07. The van der Waals surface area contributed by atoms with E-state index in [1.165, 1.54) is 6.08 Å². The second-order valence-corrected chi connectivity index (χ2v) is 2.21. The lowest BCUT2D eigenvalue weighted by Gasteiger charge is -1.94. The molecule has 0 bridgehead atoms. The van der Waals surface area contributed by atoms with Crippen LogP contribution in [0.2, 0.25) is 0 Å². The highest BCUT2D eigenvalue weighted by atomic mass is 16.1. The Hall–Kier alpha value is -1.88. The molecular formula is C10H7NO. The fourth-order valence-electron chi connectivity index (χ4n) is 0.897. The van der Waals surface area contributed by atoms with Crippen LogP contribution in [0.3, 0.4) is 0 Å². The Morgan fingerprint density at radius 2 is 1.92 bits per heavy atom. The third kappa shape index (κ3) is 1.80. The van der Waals surface area contributed by atoms with Crippen LogP contribution >= 0.6 is 0 Å². The number of aldehydes is 1. The van der Waals surface area contributed by atoms with Gasteiger partial charge in [0.25, 0.3) is 0 Å². The summed E-state index contributed by atoms with van der Waals surface area (Å²) in [7, 11) is 0. The van der Waals surface area contributed by atoms with Crippen LogP contribution in [0.15, 0.2) is 30.3 Å². The van der Waals surface area contributed by atoms with Gasteiger partial charge in [0.1, 0.15) is 0 Å². The minimum atomic E-state index is 0.601. The molecule has 0 amide bonds. The first-order valence-electron chi connectivity index (χ1n) is 3.49. The average Bonchev–Trinajstić information content (AvgIpc) is 2.15. The van der Waals surface area contributed by atoms with Gasteiger partial charge >= 0.3 is 0 Å². The van der Waals surface area contributed by atoms with Crippen molar-refractivity contribution in [1.82, 2.24) is 0 Å². The van der Waals surface area contributed by atoms with Crippen LogP contribution in [0.1, 0.15) is 15.9 Å². The van der Waals surface area contributed by atoms with E-state index in [0.717, 1.165) is 11.8 Å². The summed E-state index contributed by atoms with van der Waals surface area (Å²) in [6.45, 7) is 0. The summed E-state index contributed by atoms with van der Waals surface area (Å²) in [6.07, 6.45) is 3.74. The maximum absolute atomic E-state index is 10.5. The van der Waals surface area contributed by atoms with Gasteiger partial charge in [0.15, 0.2) is 6.29 Å². The minimum absolute atomic E-state index is 0.601. The normalized spacial score (nSPS) is 9.58. The monoisotopic (exact) mass is 157 g/mol. The Kier molecular flexibility index (Phi) is 2.80. The van der Waals surface area contributed by atoms with Crippen molar-refractivity contribution in [3.05, 3.63) is 41.5 Å². The molecule has 0 saturated heterocycles.